The second kappa shape index (κ2) is 4.59. The van der Waals surface area contributed by atoms with Crippen molar-refractivity contribution in [2.75, 3.05) is 0 Å². The van der Waals surface area contributed by atoms with E-state index in [1.165, 1.54) is 0 Å². The van der Waals surface area contributed by atoms with Crippen LogP contribution in [0.5, 0.6) is 0 Å². The van der Waals surface area contributed by atoms with E-state index in [0.717, 1.165) is 0 Å². The average molecular weight is 171 g/mol. The number of hydrogen-bond donors (Lipinski definition) is 0. The molecule has 0 bridgehead atoms. The van der Waals surface area contributed by atoms with Crippen molar-refractivity contribution in [3.63, 3.8) is 0 Å². The molecule has 0 amide bonds. The van der Waals surface area contributed by atoms with Crippen molar-refractivity contribution in [3.05, 3.63) is 34.3 Å². The molecular formula is C6H5Cl2Na. The fourth-order valence-electron chi connectivity index (χ4n) is 0.439. The van der Waals surface area contributed by atoms with Crippen LogP contribution in [0, 0.1) is 0 Å². The maximum absolute atomic E-state index is 5.58. The van der Waals surface area contributed by atoms with Crippen molar-refractivity contribution in [1.82, 2.24) is 0 Å². The minimum absolute atomic E-state index is 0. The fourth-order valence-corrected chi connectivity index (χ4v) is 0.711. The zero-order valence-corrected chi connectivity index (χ0v) is 5.58. The van der Waals surface area contributed by atoms with E-state index in [-0.39, 0.29) is 29.6 Å². The van der Waals surface area contributed by atoms with Crippen molar-refractivity contribution in [2.24, 2.45) is 0 Å². The van der Waals surface area contributed by atoms with Gasteiger partial charge in [0.15, 0.2) is 0 Å². The Morgan fingerprint density at radius 3 is 1.44 bits per heavy atom. The summed E-state index contributed by atoms with van der Waals surface area (Å²) in [6.45, 7) is 0. The molecule has 0 N–H and O–H groups in total. The van der Waals surface area contributed by atoms with Gasteiger partial charge in [0.25, 0.3) is 0 Å². The molecule has 0 aliphatic rings. The second-order valence-corrected chi connectivity index (χ2v) is 2.23. The Labute approximate surface area is 86.5 Å². The first-order chi connectivity index (χ1) is 3.80. The molecule has 0 fully saturated rings. The predicted molar refractivity (Wildman–Crippen MR) is 43.6 cm³/mol. The van der Waals surface area contributed by atoms with Crippen LogP contribution in [0.2, 0.25) is 10.0 Å². The first-order valence-electron chi connectivity index (χ1n) is 2.21. The first kappa shape index (κ1) is 9.80. The van der Waals surface area contributed by atoms with E-state index in [1.54, 1.807) is 12.1 Å². The van der Waals surface area contributed by atoms with Gasteiger partial charge >= 0.3 is 29.6 Å². The Morgan fingerprint density at radius 2 is 1.22 bits per heavy atom. The Kier molecular flexibility index (Phi) is 5.00. The van der Waals surface area contributed by atoms with Crippen LogP contribution in [0.3, 0.4) is 0 Å². The first-order valence-corrected chi connectivity index (χ1v) is 2.96. The molecule has 0 unspecified atom stereocenters. The molecule has 0 atom stereocenters. The molecule has 0 aromatic heterocycles. The van der Waals surface area contributed by atoms with Gasteiger partial charge in [-0.15, -0.1) is 0 Å². The molecule has 0 nitrogen and oxygen atoms in total. The molecule has 1 aromatic rings. The number of hydrogen-bond acceptors (Lipinski definition) is 0. The van der Waals surface area contributed by atoms with Crippen LogP contribution in [-0.4, -0.2) is 29.6 Å². The predicted octanol–water partition coefficient (Wildman–Crippen LogP) is 2.34. The van der Waals surface area contributed by atoms with Gasteiger partial charge in [0.1, 0.15) is 0 Å². The molecule has 0 spiro atoms. The summed E-state index contributed by atoms with van der Waals surface area (Å²) in [4.78, 5) is 0. The van der Waals surface area contributed by atoms with Crippen LogP contribution in [0.4, 0.5) is 0 Å². The Hall–Kier alpha value is 0.800. The molecule has 3 heteroatoms. The van der Waals surface area contributed by atoms with Gasteiger partial charge in [-0.2, -0.15) is 0 Å². The third kappa shape index (κ3) is 2.92. The zero-order valence-electron chi connectivity index (χ0n) is 4.07. The normalized spacial score (nSPS) is 8.22. The molecule has 0 saturated heterocycles. The maximum atomic E-state index is 5.58. The third-order valence-electron chi connectivity index (χ3n) is 0.824. The average Bonchev–Trinajstić information content (AvgIpc) is 1.77. The van der Waals surface area contributed by atoms with Gasteiger partial charge in [-0.25, -0.2) is 0 Å². The summed E-state index contributed by atoms with van der Waals surface area (Å²) in [5.74, 6) is 0. The SMILES string of the molecule is Clc1ccccc1Cl.[NaH]. The summed E-state index contributed by atoms with van der Waals surface area (Å²) >= 11 is 11.2. The van der Waals surface area contributed by atoms with Gasteiger partial charge in [-0.1, -0.05) is 35.3 Å². The summed E-state index contributed by atoms with van der Waals surface area (Å²) in [6, 6.07) is 7.19. The van der Waals surface area contributed by atoms with Gasteiger partial charge in [-0.3, -0.25) is 0 Å². The summed E-state index contributed by atoms with van der Waals surface area (Å²) in [5, 5.41) is 1.21. The molecule has 0 saturated carbocycles. The van der Waals surface area contributed by atoms with E-state index in [0.29, 0.717) is 10.0 Å². The van der Waals surface area contributed by atoms with Crippen molar-refractivity contribution in [1.29, 1.82) is 0 Å². The van der Waals surface area contributed by atoms with Crippen LogP contribution in [-0.2, 0) is 0 Å². The molecule has 9 heavy (non-hydrogen) atoms. The second-order valence-electron chi connectivity index (χ2n) is 1.41. The Balaban J connectivity index is 0.000000640. The molecular weight excluding hydrogens is 166 g/mol. The third-order valence-corrected chi connectivity index (χ3v) is 1.58. The number of halogens is 2. The van der Waals surface area contributed by atoms with E-state index >= 15 is 0 Å². The van der Waals surface area contributed by atoms with Crippen molar-refractivity contribution in [3.8, 4) is 0 Å². The molecule has 0 aliphatic carbocycles. The Bertz CT molecular complexity index is 167. The summed E-state index contributed by atoms with van der Waals surface area (Å²) in [7, 11) is 0. The van der Waals surface area contributed by atoms with Crippen molar-refractivity contribution >= 4 is 52.8 Å². The number of rotatable bonds is 0. The zero-order chi connectivity index (χ0) is 5.98. The van der Waals surface area contributed by atoms with Crippen LogP contribution in [0.25, 0.3) is 0 Å². The molecule has 0 radical (unpaired) electrons. The minimum atomic E-state index is 0. The standard InChI is InChI=1S/C6H4Cl2.Na.H/c7-5-3-1-2-4-6(5)8;;/h1-4H;;. The van der Waals surface area contributed by atoms with Gasteiger partial charge in [-0.05, 0) is 12.1 Å². The van der Waals surface area contributed by atoms with Crippen LogP contribution >= 0.6 is 23.2 Å². The molecule has 44 valence electrons. The van der Waals surface area contributed by atoms with Gasteiger partial charge in [0, 0.05) is 0 Å². The summed E-state index contributed by atoms with van der Waals surface area (Å²) in [5.41, 5.74) is 0. The topological polar surface area (TPSA) is 0 Å². The molecule has 0 heterocycles. The van der Waals surface area contributed by atoms with Crippen LogP contribution in [0.1, 0.15) is 0 Å². The van der Waals surface area contributed by atoms with E-state index in [9.17, 15) is 0 Å². The monoisotopic (exact) mass is 170 g/mol. The molecule has 1 aromatic carbocycles. The van der Waals surface area contributed by atoms with E-state index in [4.69, 9.17) is 23.2 Å². The fraction of sp³-hybridized carbons (Fsp3) is 0. The Morgan fingerprint density at radius 1 is 0.889 bits per heavy atom. The van der Waals surface area contributed by atoms with E-state index < -0.39 is 0 Å². The van der Waals surface area contributed by atoms with E-state index in [2.05, 4.69) is 0 Å². The van der Waals surface area contributed by atoms with Crippen LogP contribution < -0.4 is 0 Å². The summed E-state index contributed by atoms with van der Waals surface area (Å²) in [6.07, 6.45) is 0. The van der Waals surface area contributed by atoms with Gasteiger partial charge in [0.05, 0.1) is 10.0 Å². The molecule has 0 aliphatic heterocycles. The van der Waals surface area contributed by atoms with Crippen molar-refractivity contribution in [2.45, 2.75) is 0 Å². The quantitative estimate of drug-likeness (QED) is 0.525. The summed E-state index contributed by atoms with van der Waals surface area (Å²) < 4.78 is 0. The van der Waals surface area contributed by atoms with Crippen LogP contribution in [0.15, 0.2) is 24.3 Å². The van der Waals surface area contributed by atoms with Gasteiger partial charge < -0.3 is 0 Å². The number of benzene rings is 1. The van der Waals surface area contributed by atoms with Crippen molar-refractivity contribution < 1.29 is 0 Å². The van der Waals surface area contributed by atoms with E-state index in [1.807, 2.05) is 12.1 Å². The molecule has 1 rings (SSSR count). The van der Waals surface area contributed by atoms with Gasteiger partial charge in [0.2, 0.25) is 0 Å².